The Kier molecular flexibility index (Phi) is 6.44. The predicted octanol–water partition coefficient (Wildman–Crippen LogP) is 6.21. The fourth-order valence-electron chi connectivity index (χ4n) is 4.53. The molecule has 1 aromatic heterocycles. The smallest absolute Gasteiger partial charge is 0.413 e. The van der Waals surface area contributed by atoms with Crippen molar-refractivity contribution in [3.05, 3.63) is 95.2 Å². The zero-order valence-corrected chi connectivity index (χ0v) is 20.8. The summed E-state index contributed by atoms with van der Waals surface area (Å²) >= 11 is 0. The van der Waals surface area contributed by atoms with Crippen molar-refractivity contribution in [2.45, 2.75) is 31.8 Å². The maximum Gasteiger partial charge on any atom is 0.413 e. The lowest BCUT2D eigenvalue weighted by atomic mass is 9.93. The highest BCUT2D eigenvalue weighted by atomic mass is 19.1. The van der Waals surface area contributed by atoms with E-state index in [-0.39, 0.29) is 29.1 Å². The number of carboxylic acid groups (broad SMARTS) is 1. The van der Waals surface area contributed by atoms with Crippen LogP contribution in [0.1, 0.15) is 29.5 Å². The van der Waals surface area contributed by atoms with Gasteiger partial charge in [-0.05, 0) is 54.2 Å². The Bertz CT molecular complexity index is 1540. The van der Waals surface area contributed by atoms with Gasteiger partial charge in [0.15, 0.2) is 0 Å². The Balaban J connectivity index is 1.37. The number of carbonyl (C=O) groups excluding carboxylic acids is 1. The second-order valence-electron chi connectivity index (χ2n) is 9.43. The summed E-state index contributed by atoms with van der Waals surface area (Å²) in [7, 11) is 1.56. The van der Waals surface area contributed by atoms with Crippen LogP contribution < -0.4 is 5.32 Å². The lowest BCUT2D eigenvalue weighted by molar-refractivity contribution is -0.140. The van der Waals surface area contributed by atoms with Crippen molar-refractivity contribution in [3.63, 3.8) is 0 Å². The van der Waals surface area contributed by atoms with Gasteiger partial charge in [0.05, 0.1) is 11.6 Å². The molecular weight excluding hydrogens is 492 g/mol. The normalized spacial score (nSPS) is 13.7. The predicted molar refractivity (Wildman–Crippen MR) is 138 cm³/mol. The Labute approximate surface area is 217 Å². The van der Waals surface area contributed by atoms with Crippen molar-refractivity contribution in [2.24, 2.45) is 7.05 Å². The van der Waals surface area contributed by atoms with E-state index in [0.29, 0.717) is 24.0 Å². The Hall–Kier alpha value is -4.53. The van der Waals surface area contributed by atoms with Crippen LogP contribution in [0.5, 0.6) is 0 Å². The first-order valence-corrected chi connectivity index (χ1v) is 12.0. The molecule has 1 heterocycles. The molecule has 1 saturated carbocycles. The van der Waals surface area contributed by atoms with Crippen LogP contribution in [0.4, 0.5) is 19.4 Å². The van der Waals surface area contributed by atoms with Crippen LogP contribution in [0, 0.1) is 18.6 Å². The van der Waals surface area contributed by atoms with E-state index in [1.807, 2.05) is 31.2 Å². The first kappa shape index (κ1) is 25.1. The summed E-state index contributed by atoms with van der Waals surface area (Å²) in [5.41, 5.74) is 2.16. The summed E-state index contributed by atoms with van der Waals surface area (Å²) in [6.07, 6.45) is 1.69. The van der Waals surface area contributed by atoms with Crippen LogP contribution in [0.3, 0.4) is 0 Å². The maximum atomic E-state index is 15.3. The lowest BCUT2D eigenvalue weighted by Gasteiger charge is -2.13. The number of carboxylic acids is 1. The number of hydrogen-bond donors (Lipinski definition) is 2. The second kappa shape index (κ2) is 9.74. The molecule has 3 aromatic carbocycles. The van der Waals surface area contributed by atoms with Crippen LogP contribution in [0.15, 0.2) is 66.9 Å². The summed E-state index contributed by atoms with van der Waals surface area (Å²) in [4.78, 5) is 24.1. The minimum Gasteiger partial charge on any atom is -0.481 e. The molecule has 2 N–H and O–H groups in total. The summed E-state index contributed by atoms with van der Waals surface area (Å²) in [5, 5.41) is 16.2. The molecule has 0 unspecified atom stereocenters. The van der Waals surface area contributed by atoms with Gasteiger partial charge in [-0.25, -0.2) is 13.6 Å². The van der Waals surface area contributed by atoms with E-state index in [1.165, 1.54) is 10.9 Å². The largest absolute Gasteiger partial charge is 0.481 e. The maximum absolute atomic E-state index is 15.3. The number of aryl methyl sites for hydroxylation is 2. The Morgan fingerprint density at radius 1 is 1.03 bits per heavy atom. The van der Waals surface area contributed by atoms with Gasteiger partial charge in [0, 0.05) is 23.7 Å². The van der Waals surface area contributed by atoms with Crippen LogP contribution >= 0.6 is 0 Å². The van der Waals surface area contributed by atoms with Crippen LogP contribution in [-0.2, 0) is 28.6 Å². The molecule has 1 fully saturated rings. The molecule has 1 aliphatic rings. The van der Waals surface area contributed by atoms with E-state index in [1.54, 1.807) is 31.3 Å². The third-order valence-corrected chi connectivity index (χ3v) is 7.03. The summed E-state index contributed by atoms with van der Waals surface area (Å²) < 4.78 is 37.2. The molecule has 0 radical (unpaired) electrons. The monoisotopic (exact) mass is 517 g/mol. The van der Waals surface area contributed by atoms with E-state index in [4.69, 9.17) is 4.74 Å². The average molecular weight is 518 g/mol. The number of aromatic nitrogens is 2. The van der Waals surface area contributed by atoms with Gasteiger partial charge in [0.25, 0.3) is 0 Å². The topological polar surface area (TPSA) is 93.4 Å². The third kappa shape index (κ3) is 4.63. The number of ether oxygens (including phenoxy) is 1. The zero-order chi connectivity index (χ0) is 27.0. The van der Waals surface area contributed by atoms with Crippen molar-refractivity contribution >= 4 is 17.9 Å². The average Bonchev–Trinajstić information content (AvgIpc) is 3.65. The minimum absolute atomic E-state index is 0.0361. The number of benzene rings is 3. The number of amides is 1. The molecule has 0 atom stereocenters. The molecule has 0 aliphatic heterocycles. The Morgan fingerprint density at radius 3 is 2.34 bits per heavy atom. The van der Waals surface area contributed by atoms with Gasteiger partial charge >= 0.3 is 12.1 Å². The van der Waals surface area contributed by atoms with Crippen molar-refractivity contribution in [1.82, 2.24) is 9.78 Å². The van der Waals surface area contributed by atoms with Gasteiger partial charge in [-0.15, -0.1) is 0 Å². The molecule has 7 nitrogen and oxygen atoms in total. The van der Waals surface area contributed by atoms with Crippen molar-refractivity contribution in [1.29, 1.82) is 0 Å². The number of hydrogen-bond acceptors (Lipinski definition) is 4. The van der Waals surface area contributed by atoms with Crippen molar-refractivity contribution in [3.8, 4) is 22.3 Å². The van der Waals surface area contributed by atoms with Crippen LogP contribution in [0.2, 0.25) is 0 Å². The first-order valence-electron chi connectivity index (χ1n) is 12.0. The number of anilines is 1. The van der Waals surface area contributed by atoms with E-state index >= 15 is 8.78 Å². The minimum atomic E-state index is -0.883. The number of aliphatic carboxylic acids is 1. The molecule has 38 heavy (non-hydrogen) atoms. The molecule has 0 bridgehead atoms. The lowest BCUT2D eigenvalue weighted by Crippen LogP contribution is -2.19. The van der Waals surface area contributed by atoms with Gasteiger partial charge in [-0.2, -0.15) is 5.10 Å². The quantitative estimate of drug-likeness (QED) is 0.304. The highest BCUT2D eigenvalue weighted by Crippen LogP contribution is 2.48. The molecule has 1 amide bonds. The molecule has 194 valence electrons. The molecule has 0 saturated heterocycles. The molecule has 5 rings (SSSR count). The summed E-state index contributed by atoms with van der Waals surface area (Å²) in [6.45, 7) is 1.96. The van der Waals surface area contributed by atoms with Crippen LogP contribution in [-0.4, -0.2) is 26.9 Å². The van der Waals surface area contributed by atoms with E-state index in [9.17, 15) is 14.7 Å². The van der Waals surface area contributed by atoms with Gasteiger partial charge in [-0.1, -0.05) is 48.5 Å². The van der Waals surface area contributed by atoms with E-state index in [0.717, 1.165) is 23.3 Å². The fraction of sp³-hybridized carbons (Fsp3) is 0.207. The number of carbonyl (C=O) groups is 2. The molecule has 1 aliphatic carbocycles. The van der Waals surface area contributed by atoms with Crippen molar-refractivity contribution < 1.29 is 28.2 Å². The van der Waals surface area contributed by atoms with E-state index in [2.05, 4.69) is 10.4 Å². The van der Waals surface area contributed by atoms with Crippen molar-refractivity contribution in [2.75, 3.05) is 5.32 Å². The summed E-state index contributed by atoms with van der Waals surface area (Å²) in [5.74, 6) is -2.12. The van der Waals surface area contributed by atoms with Gasteiger partial charge in [0.2, 0.25) is 0 Å². The third-order valence-electron chi connectivity index (χ3n) is 7.03. The SMILES string of the molecule is Cc1ccccc1COC(=O)Nc1c(-c2cc(F)c(-c3ccc(C4(C(=O)O)CC4)cc3)cc2F)cnn1C. The van der Waals surface area contributed by atoms with Gasteiger partial charge in [0.1, 0.15) is 24.1 Å². The molecular formula is C29H25F2N3O4. The van der Waals surface area contributed by atoms with Crippen LogP contribution in [0.25, 0.3) is 22.3 Å². The fourth-order valence-corrected chi connectivity index (χ4v) is 4.53. The van der Waals surface area contributed by atoms with E-state index < -0.39 is 29.1 Å². The number of nitrogens with zero attached hydrogens (tertiary/aromatic N) is 2. The number of rotatable bonds is 7. The highest BCUT2D eigenvalue weighted by Gasteiger charge is 2.51. The number of halogens is 2. The second-order valence-corrected chi connectivity index (χ2v) is 9.43. The van der Waals surface area contributed by atoms with Gasteiger partial charge in [-0.3, -0.25) is 14.8 Å². The molecule has 4 aromatic rings. The Morgan fingerprint density at radius 2 is 1.68 bits per heavy atom. The molecule has 0 spiro atoms. The summed E-state index contributed by atoms with van der Waals surface area (Å²) in [6, 6.07) is 16.1. The first-order chi connectivity index (χ1) is 18.2. The zero-order valence-electron chi connectivity index (χ0n) is 20.8. The highest BCUT2D eigenvalue weighted by molar-refractivity contribution is 5.90. The molecule has 9 heteroatoms. The standard InChI is InChI=1S/C29H25F2N3O4/c1-17-5-3-4-6-19(17)16-38-28(37)33-26-23(15-32-34(26)2)22-14-24(30)21(13-25(22)31)18-7-9-20(10-8-18)29(11-12-29)27(35)36/h3-10,13-15H,11-12,16H2,1-2H3,(H,33,37)(H,35,36). The number of nitrogens with one attached hydrogen (secondary N) is 1. The van der Waals surface area contributed by atoms with Gasteiger partial charge < -0.3 is 9.84 Å².